The molecule has 1 aliphatic heterocycles. The molecule has 1 N–H and O–H groups in total. The Kier molecular flexibility index (Phi) is 2.59. The number of nitrogens with zero attached hydrogens (tertiary/aromatic N) is 2. The summed E-state index contributed by atoms with van der Waals surface area (Å²) in [5.74, 6) is 0.0423. The van der Waals surface area contributed by atoms with Crippen LogP contribution < -0.4 is 4.74 Å². The van der Waals surface area contributed by atoms with Crippen LogP contribution in [0.3, 0.4) is 0 Å². The molecule has 1 aliphatic rings. The molecule has 2 heterocycles. The van der Waals surface area contributed by atoms with Crippen LogP contribution in [0.5, 0.6) is 5.88 Å². The zero-order valence-electron chi connectivity index (χ0n) is 8.34. The number of hydrogen-bond donors (Lipinski definition) is 1. The smallest absolute Gasteiger partial charge is 0.358 e. The molecule has 0 amide bonds. The van der Waals surface area contributed by atoms with Gasteiger partial charge in [-0.05, 0) is 6.92 Å². The maximum Gasteiger partial charge on any atom is 0.358 e. The summed E-state index contributed by atoms with van der Waals surface area (Å²) in [7, 11) is 0. The van der Waals surface area contributed by atoms with Crippen LogP contribution in [0.2, 0.25) is 0 Å². The number of ether oxygens (including phenoxy) is 2. The Balaban J connectivity index is 2.11. The minimum atomic E-state index is -0.455. The van der Waals surface area contributed by atoms with Crippen molar-refractivity contribution in [3.8, 4) is 5.88 Å². The maximum atomic E-state index is 11.3. The number of rotatable bonds is 3. The van der Waals surface area contributed by atoms with Crippen LogP contribution in [0.15, 0.2) is 6.07 Å². The Morgan fingerprint density at radius 2 is 2.67 bits per heavy atom. The lowest BCUT2D eigenvalue weighted by Gasteiger charge is -2.03. The number of aliphatic hydroxyl groups excluding tert-OH is 1. The van der Waals surface area contributed by atoms with Gasteiger partial charge in [0.1, 0.15) is 6.10 Å². The third kappa shape index (κ3) is 1.80. The highest BCUT2D eigenvalue weighted by molar-refractivity contribution is 5.87. The van der Waals surface area contributed by atoms with Crippen LogP contribution in [0.25, 0.3) is 0 Å². The zero-order valence-corrected chi connectivity index (χ0v) is 8.34. The Morgan fingerprint density at radius 1 is 1.87 bits per heavy atom. The van der Waals surface area contributed by atoms with Gasteiger partial charge in [0.25, 0.3) is 0 Å². The molecule has 1 unspecified atom stereocenters. The molecule has 0 saturated heterocycles. The van der Waals surface area contributed by atoms with Gasteiger partial charge < -0.3 is 14.6 Å². The van der Waals surface area contributed by atoms with Gasteiger partial charge in [-0.1, -0.05) is 0 Å². The van der Waals surface area contributed by atoms with Crippen molar-refractivity contribution in [2.45, 2.75) is 19.6 Å². The summed E-state index contributed by atoms with van der Waals surface area (Å²) in [6.07, 6.45) is -0.260. The molecule has 0 aromatic carbocycles. The van der Waals surface area contributed by atoms with Crippen molar-refractivity contribution >= 4 is 5.97 Å². The summed E-state index contributed by atoms with van der Waals surface area (Å²) < 4.78 is 11.7. The molecule has 6 heteroatoms. The molecule has 15 heavy (non-hydrogen) atoms. The van der Waals surface area contributed by atoms with Crippen molar-refractivity contribution in [3.63, 3.8) is 0 Å². The fourth-order valence-corrected chi connectivity index (χ4v) is 1.43. The number of carbonyl (C=O) groups is 1. The van der Waals surface area contributed by atoms with Gasteiger partial charge in [0.15, 0.2) is 5.69 Å². The number of aliphatic hydroxyl groups is 1. The average Bonchev–Trinajstić information content (AvgIpc) is 2.74. The van der Waals surface area contributed by atoms with Gasteiger partial charge in [-0.2, -0.15) is 5.10 Å². The van der Waals surface area contributed by atoms with Crippen molar-refractivity contribution in [3.05, 3.63) is 11.8 Å². The normalized spacial score (nSPS) is 18.4. The van der Waals surface area contributed by atoms with E-state index in [-0.39, 0.29) is 18.4 Å². The predicted octanol–water partition coefficient (Wildman–Crippen LogP) is -0.187. The average molecular weight is 212 g/mol. The summed E-state index contributed by atoms with van der Waals surface area (Å²) >= 11 is 0. The van der Waals surface area contributed by atoms with Crippen LogP contribution in [-0.4, -0.2) is 40.2 Å². The van der Waals surface area contributed by atoms with E-state index in [9.17, 15) is 4.79 Å². The topological polar surface area (TPSA) is 73.6 Å². The third-order valence-corrected chi connectivity index (χ3v) is 2.10. The first-order chi connectivity index (χ1) is 7.24. The van der Waals surface area contributed by atoms with Gasteiger partial charge in [-0.3, -0.25) is 0 Å². The minimum Gasteiger partial charge on any atom is -0.470 e. The van der Waals surface area contributed by atoms with Gasteiger partial charge in [0.05, 0.1) is 19.8 Å². The number of aromatic nitrogens is 2. The Bertz CT molecular complexity index is 351. The van der Waals surface area contributed by atoms with Gasteiger partial charge in [0.2, 0.25) is 5.88 Å². The molecule has 0 fully saturated rings. The largest absolute Gasteiger partial charge is 0.470 e. The Labute approximate surface area is 86.4 Å². The van der Waals surface area contributed by atoms with Crippen molar-refractivity contribution in [1.29, 1.82) is 0 Å². The summed E-state index contributed by atoms with van der Waals surface area (Å²) in [4.78, 5) is 11.3. The van der Waals surface area contributed by atoms with Crippen LogP contribution >= 0.6 is 0 Å². The molecular formula is C9H12N2O4. The van der Waals surface area contributed by atoms with E-state index in [1.54, 1.807) is 11.6 Å². The molecular weight excluding hydrogens is 200 g/mol. The van der Waals surface area contributed by atoms with E-state index in [1.165, 1.54) is 6.07 Å². The third-order valence-electron chi connectivity index (χ3n) is 2.10. The second kappa shape index (κ2) is 3.90. The van der Waals surface area contributed by atoms with Crippen molar-refractivity contribution in [2.24, 2.45) is 0 Å². The molecule has 0 aliphatic carbocycles. The maximum absolute atomic E-state index is 11.3. The molecule has 0 bridgehead atoms. The lowest BCUT2D eigenvalue weighted by Crippen LogP contribution is -2.20. The van der Waals surface area contributed by atoms with Gasteiger partial charge in [-0.15, -0.1) is 0 Å². The number of fused-ring (bicyclic) bond motifs is 1. The van der Waals surface area contributed by atoms with Crippen LogP contribution in [0.1, 0.15) is 17.4 Å². The molecule has 0 spiro atoms. The molecule has 6 nitrogen and oxygen atoms in total. The predicted molar refractivity (Wildman–Crippen MR) is 49.7 cm³/mol. The van der Waals surface area contributed by atoms with E-state index in [0.717, 1.165) is 0 Å². The van der Waals surface area contributed by atoms with E-state index in [2.05, 4.69) is 5.10 Å². The minimum absolute atomic E-state index is 0.0574. The highest BCUT2D eigenvalue weighted by Gasteiger charge is 2.26. The van der Waals surface area contributed by atoms with Crippen LogP contribution in [-0.2, 0) is 11.3 Å². The molecule has 1 aromatic rings. The standard InChI is InChI=1S/C9H12N2O4/c1-2-14-9(13)7-3-8-11(10-7)4-6(5-12)15-8/h3,6,12H,2,4-5H2,1H3. The monoisotopic (exact) mass is 212 g/mol. The molecule has 82 valence electrons. The summed E-state index contributed by atoms with van der Waals surface area (Å²) in [6.45, 7) is 2.46. The second-order valence-corrected chi connectivity index (χ2v) is 3.19. The summed E-state index contributed by atoms with van der Waals surface area (Å²) in [6, 6.07) is 1.52. The van der Waals surface area contributed by atoms with Gasteiger partial charge in [0, 0.05) is 6.07 Å². The van der Waals surface area contributed by atoms with Gasteiger partial charge >= 0.3 is 5.97 Å². The van der Waals surface area contributed by atoms with E-state index in [0.29, 0.717) is 19.0 Å². The fourth-order valence-electron chi connectivity index (χ4n) is 1.43. The van der Waals surface area contributed by atoms with Gasteiger partial charge in [-0.25, -0.2) is 9.48 Å². The molecule has 0 saturated carbocycles. The van der Waals surface area contributed by atoms with Crippen molar-refractivity contribution in [2.75, 3.05) is 13.2 Å². The SMILES string of the molecule is CCOC(=O)c1cc2n(n1)CC(CO)O2. The summed E-state index contributed by atoms with van der Waals surface area (Å²) in [5, 5.41) is 12.9. The highest BCUT2D eigenvalue weighted by Crippen LogP contribution is 2.22. The van der Waals surface area contributed by atoms with E-state index in [4.69, 9.17) is 14.6 Å². The first-order valence-electron chi connectivity index (χ1n) is 4.77. The molecule has 1 atom stereocenters. The highest BCUT2D eigenvalue weighted by atomic mass is 16.5. The van der Waals surface area contributed by atoms with E-state index in [1.807, 2.05) is 0 Å². The van der Waals surface area contributed by atoms with Crippen molar-refractivity contribution < 1.29 is 19.4 Å². The lowest BCUT2D eigenvalue weighted by atomic mass is 10.4. The Hall–Kier alpha value is -1.56. The van der Waals surface area contributed by atoms with Crippen molar-refractivity contribution in [1.82, 2.24) is 9.78 Å². The number of carbonyl (C=O) groups excluding carboxylic acids is 1. The fraction of sp³-hybridized carbons (Fsp3) is 0.556. The first-order valence-corrected chi connectivity index (χ1v) is 4.77. The molecule has 2 rings (SSSR count). The first kappa shape index (κ1) is 9.97. The quantitative estimate of drug-likeness (QED) is 0.703. The van der Waals surface area contributed by atoms with E-state index < -0.39 is 5.97 Å². The van der Waals surface area contributed by atoms with Crippen LogP contribution in [0.4, 0.5) is 0 Å². The second-order valence-electron chi connectivity index (χ2n) is 3.19. The number of esters is 1. The summed E-state index contributed by atoms with van der Waals surface area (Å²) in [5.41, 5.74) is 0.239. The van der Waals surface area contributed by atoms with Crippen LogP contribution in [0, 0.1) is 0 Å². The van der Waals surface area contributed by atoms with E-state index >= 15 is 0 Å². The number of hydrogen-bond acceptors (Lipinski definition) is 5. The molecule has 1 aromatic heterocycles. The zero-order chi connectivity index (χ0) is 10.8. The molecule has 0 radical (unpaired) electrons. The Morgan fingerprint density at radius 3 is 3.27 bits per heavy atom. The lowest BCUT2D eigenvalue weighted by molar-refractivity contribution is 0.0517.